The van der Waals surface area contributed by atoms with Crippen LogP contribution in [-0.4, -0.2) is 48.7 Å². The van der Waals surface area contributed by atoms with E-state index in [1.54, 1.807) is 0 Å². The van der Waals surface area contributed by atoms with Gasteiger partial charge in [-0.1, -0.05) is 12.1 Å². The molecule has 2 amide bonds. The number of alkyl halides is 6. The van der Waals surface area contributed by atoms with Gasteiger partial charge in [-0.3, -0.25) is 4.79 Å². The van der Waals surface area contributed by atoms with Crippen molar-refractivity contribution in [3.8, 4) is 0 Å². The Labute approximate surface area is 206 Å². The Morgan fingerprint density at radius 2 is 1.62 bits per heavy atom. The first kappa shape index (κ1) is 26.7. The van der Waals surface area contributed by atoms with Gasteiger partial charge in [0.05, 0.1) is 23.3 Å². The van der Waals surface area contributed by atoms with E-state index in [4.69, 9.17) is 9.47 Å². The van der Waals surface area contributed by atoms with Crippen LogP contribution in [0.15, 0.2) is 42.5 Å². The molecular formula is C24H21F7N2O4. The summed E-state index contributed by atoms with van der Waals surface area (Å²) >= 11 is 0. The van der Waals surface area contributed by atoms with Crippen molar-refractivity contribution in [1.82, 2.24) is 10.2 Å². The molecule has 4 atom stereocenters. The molecule has 2 aliphatic heterocycles. The minimum atomic E-state index is -5.02. The topological polar surface area (TPSA) is 67.9 Å². The summed E-state index contributed by atoms with van der Waals surface area (Å²) in [7, 11) is 0. The van der Waals surface area contributed by atoms with E-state index in [1.165, 1.54) is 36.1 Å². The zero-order valence-electron chi connectivity index (χ0n) is 19.2. The Morgan fingerprint density at radius 3 is 2.14 bits per heavy atom. The molecule has 0 bridgehead atoms. The molecule has 2 saturated heterocycles. The maximum atomic E-state index is 13.5. The number of halogens is 7. The quantitative estimate of drug-likeness (QED) is 0.546. The number of cyclic esters (lactones) is 1. The van der Waals surface area contributed by atoms with Crippen LogP contribution in [0.3, 0.4) is 0 Å². The van der Waals surface area contributed by atoms with Crippen molar-refractivity contribution < 1.29 is 49.8 Å². The fourth-order valence-corrected chi connectivity index (χ4v) is 4.41. The second-order valence-electron chi connectivity index (χ2n) is 8.85. The lowest BCUT2D eigenvalue weighted by atomic mass is 9.95. The zero-order valence-corrected chi connectivity index (χ0v) is 19.2. The predicted molar refractivity (Wildman–Crippen MR) is 114 cm³/mol. The molecule has 2 aromatic rings. The van der Waals surface area contributed by atoms with Gasteiger partial charge in [-0.15, -0.1) is 0 Å². The summed E-state index contributed by atoms with van der Waals surface area (Å²) in [5, 5.41) is 2.36. The summed E-state index contributed by atoms with van der Waals surface area (Å²) in [6.07, 6.45) is -12.9. The van der Waals surface area contributed by atoms with E-state index in [-0.39, 0.29) is 31.3 Å². The van der Waals surface area contributed by atoms with Crippen LogP contribution >= 0.6 is 0 Å². The van der Waals surface area contributed by atoms with Gasteiger partial charge >= 0.3 is 18.4 Å². The summed E-state index contributed by atoms with van der Waals surface area (Å²) in [6, 6.07) is 5.57. The van der Waals surface area contributed by atoms with Crippen molar-refractivity contribution in [2.24, 2.45) is 0 Å². The summed E-state index contributed by atoms with van der Waals surface area (Å²) in [5.74, 6) is -1.58. The Morgan fingerprint density at radius 1 is 1.03 bits per heavy atom. The van der Waals surface area contributed by atoms with Crippen LogP contribution in [-0.2, 0) is 26.6 Å². The number of carbonyl (C=O) groups is 2. The average Bonchev–Trinajstić information content (AvgIpc) is 3.44. The lowest BCUT2D eigenvalue weighted by Gasteiger charge is -2.25. The van der Waals surface area contributed by atoms with Gasteiger partial charge in [-0.05, 0) is 48.4 Å². The van der Waals surface area contributed by atoms with Gasteiger partial charge in [0.1, 0.15) is 18.5 Å². The van der Waals surface area contributed by atoms with Crippen molar-refractivity contribution in [2.75, 3.05) is 19.7 Å². The van der Waals surface area contributed by atoms with Crippen LogP contribution in [0.4, 0.5) is 35.5 Å². The summed E-state index contributed by atoms with van der Waals surface area (Å²) in [4.78, 5) is 25.6. The van der Waals surface area contributed by atoms with Crippen molar-refractivity contribution >= 4 is 12.0 Å². The van der Waals surface area contributed by atoms with Crippen LogP contribution in [0.5, 0.6) is 0 Å². The van der Waals surface area contributed by atoms with Gasteiger partial charge in [0, 0.05) is 19.0 Å². The van der Waals surface area contributed by atoms with E-state index < -0.39 is 65.5 Å². The number of nitrogens with zero attached hydrogens (tertiary/aromatic N) is 1. The number of benzene rings is 2. The first-order valence-corrected chi connectivity index (χ1v) is 11.1. The maximum Gasteiger partial charge on any atom is 0.416 e. The largest absolute Gasteiger partial charge is 0.447 e. The minimum absolute atomic E-state index is 0.0332. The van der Waals surface area contributed by atoms with E-state index >= 15 is 0 Å². The van der Waals surface area contributed by atoms with E-state index in [0.29, 0.717) is 17.7 Å². The molecule has 4 unspecified atom stereocenters. The van der Waals surface area contributed by atoms with E-state index in [9.17, 15) is 40.3 Å². The van der Waals surface area contributed by atoms with Crippen LogP contribution in [0.25, 0.3) is 0 Å². The highest BCUT2D eigenvalue weighted by Gasteiger charge is 2.42. The zero-order chi connectivity index (χ0) is 27.1. The molecular weight excluding hydrogens is 513 g/mol. The van der Waals surface area contributed by atoms with Gasteiger partial charge in [0.25, 0.3) is 0 Å². The standard InChI is InChI=1S/C24H21F7N2O4/c1-12(14-6-15(23(26,27)28)8-16(7-14)24(29,30)31)37-20-10-33(21(34)19-11-36-22(35)32-19)9-18(20)13-2-4-17(25)5-3-13/h2-8,12,18-20H,9-11H2,1H3,(H,32,35). The fraction of sp³-hybridized carbons (Fsp3) is 0.417. The van der Waals surface area contributed by atoms with Crippen LogP contribution in [0.1, 0.15) is 41.2 Å². The van der Waals surface area contributed by atoms with Crippen molar-refractivity contribution in [1.29, 1.82) is 0 Å². The number of amides is 2. The summed E-state index contributed by atoms with van der Waals surface area (Å²) in [6.45, 7) is 1.11. The Hall–Kier alpha value is -3.35. The molecule has 2 aromatic carbocycles. The molecule has 0 aliphatic carbocycles. The molecule has 0 aromatic heterocycles. The van der Waals surface area contributed by atoms with E-state index in [0.717, 1.165) is 0 Å². The number of ether oxygens (including phenoxy) is 2. The monoisotopic (exact) mass is 534 g/mol. The van der Waals surface area contributed by atoms with Gasteiger partial charge in [0.2, 0.25) is 5.91 Å². The molecule has 1 N–H and O–H groups in total. The second kappa shape index (κ2) is 9.84. The number of rotatable bonds is 5. The van der Waals surface area contributed by atoms with Crippen LogP contribution in [0, 0.1) is 5.82 Å². The third-order valence-corrected chi connectivity index (χ3v) is 6.31. The highest BCUT2D eigenvalue weighted by Crippen LogP contribution is 2.39. The third-order valence-electron chi connectivity index (χ3n) is 6.31. The van der Waals surface area contributed by atoms with Gasteiger partial charge in [-0.2, -0.15) is 26.3 Å². The molecule has 2 heterocycles. The molecule has 200 valence electrons. The lowest BCUT2D eigenvalue weighted by molar-refractivity contribution is -0.143. The van der Waals surface area contributed by atoms with Gasteiger partial charge in [-0.25, -0.2) is 9.18 Å². The summed E-state index contributed by atoms with van der Waals surface area (Å²) in [5.41, 5.74) is -2.73. The highest BCUT2D eigenvalue weighted by atomic mass is 19.4. The fourth-order valence-electron chi connectivity index (χ4n) is 4.41. The molecule has 2 aliphatic rings. The van der Waals surface area contributed by atoms with E-state index in [2.05, 4.69) is 5.32 Å². The summed E-state index contributed by atoms with van der Waals surface area (Å²) < 4.78 is 104. The number of carbonyl (C=O) groups excluding carboxylic acids is 2. The number of alkyl carbamates (subject to hydrolysis) is 1. The first-order valence-electron chi connectivity index (χ1n) is 11.1. The average molecular weight is 534 g/mol. The predicted octanol–water partition coefficient (Wildman–Crippen LogP) is 5.04. The molecule has 0 saturated carbocycles. The number of likely N-dealkylation sites (tertiary alicyclic amines) is 1. The Kier molecular flexibility index (Phi) is 7.10. The maximum absolute atomic E-state index is 13.5. The number of nitrogens with one attached hydrogen (secondary N) is 1. The van der Waals surface area contributed by atoms with Gasteiger partial charge in [0.15, 0.2) is 0 Å². The molecule has 6 nitrogen and oxygen atoms in total. The Bertz CT molecular complexity index is 1130. The van der Waals surface area contributed by atoms with Crippen molar-refractivity contribution in [3.63, 3.8) is 0 Å². The first-order chi connectivity index (χ1) is 17.2. The molecule has 2 fully saturated rings. The molecule has 0 spiro atoms. The molecule has 4 rings (SSSR count). The SMILES string of the molecule is CC(OC1CN(C(=O)C2COC(=O)N2)CC1c1ccc(F)cc1)c1cc(C(F)(F)F)cc(C(F)(F)F)c1. The van der Waals surface area contributed by atoms with Crippen molar-refractivity contribution in [3.05, 3.63) is 70.5 Å². The van der Waals surface area contributed by atoms with Crippen LogP contribution in [0.2, 0.25) is 0 Å². The smallest absolute Gasteiger partial charge is 0.416 e. The second-order valence-corrected chi connectivity index (χ2v) is 8.85. The third kappa shape index (κ3) is 5.97. The minimum Gasteiger partial charge on any atom is -0.447 e. The highest BCUT2D eigenvalue weighted by molar-refractivity contribution is 5.88. The van der Waals surface area contributed by atoms with E-state index in [1.807, 2.05) is 0 Å². The number of hydrogen-bond donors (Lipinski definition) is 1. The van der Waals surface area contributed by atoms with Crippen LogP contribution < -0.4 is 5.32 Å². The molecule has 37 heavy (non-hydrogen) atoms. The number of hydrogen-bond acceptors (Lipinski definition) is 4. The van der Waals surface area contributed by atoms with Gasteiger partial charge < -0.3 is 19.7 Å². The van der Waals surface area contributed by atoms with Crippen molar-refractivity contribution in [2.45, 2.75) is 43.4 Å². The lowest BCUT2D eigenvalue weighted by Crippen LogP contribution is -2.45. The molecule has 13 heteroatoms. The normalized spacial score (nSPS) is 23.1. The Balaban J connectivity index is 1.62. The molecule has 0 radical (unpaired) electrons.